The molecule has 1 heterocycles. The van der Waals surface area contributed by atoms with Gasteiger partial charge in [-0.2, -0.15) is 10.2 Å². The molecule has 0 saturated heterocycles. The third kappa shape index (κ3) is 2.27. The van der Waals surface area contributed by atoms with Gasteiger partial charge in [0.15, 0.2) is 5.78 Å². The topological polar surface area (TPSA) is 42.9 Å². The number of carbonyl (C=O) groups excluding carboxylic acids is 1. The summed E-state index contributed by atoms with van der Waals surface area (Å²) in [7, 11) is 0. The van der Waals surface area contributed by atoms with Crippen LogP contribution in [0.5, 0.6) is 0 Å². The predicted molar refractivity (Wildman–Crippen MR) is 45.8 cm³/mol. The van der Waals surface area contributed by atoms with Crippen molar-refractivity contribution in [3.05, 3.63) is 36.7 Å². The summed E-state index contributed by atoms with van der Waals surface area (Å²) in [5.41, 5.74) is 0.617. The van der Waals surface area contributed by atoms with Gasteiger partial charge in [0.05, 0.1) is 12.4 Å². The van der Waals surface area contributed by atoms with Crippen LogP contribution in [-0.4, -0.2) is 16.0 Å². The molecule has 3 heteroatoms. The largest absolute Gasteiger partial charge is 0.294 e. The fourth-order valence-electron chi connectivity index (χ4n) is 0.833. The molecular weight excluding hydrogens is 152 g/mol. The van der Waals surface area contributed by atoms with E-state index in [0.29, 0.717) is 18.4 Å². The van der Waals surface area contributed by atoms with Crippen LogP contribution in [0, 0.1) is 0 Å². The van der Waals surface area contributed by atoms with Gasteiger partial charge in [-0.1, -0.05) is 6.08 Å². The van der Waals surface area contributed by atoms with Crippen LogP contribution in [0.15, 0.2) is 31.1 Å². The van der Waals surface area contributed by atoms with E-state index >= 15 is 0 Å². The van der Waals surface area contributed by atoms with Crippen molar-refractivity contribution in [3.63, 3.8) is 0 Å². The van der Waals surface area contributed by atoms with Gasteiger partial charge in [0.1, 0.15) is 0 Å². The lowest BCUT2D eigenvalue weighted by Gasteiger charge is -1.95. The first-order chi connectivity index (χ1) is 5.84. The Kier molecular flexibility index (Phi) is 3.14. The van der Waals surface area contributed by atoms with E-state index in [0.717, 1.165) is 0 Å². The van der Waals surface area contributed by atoms with Crippen molar-refractivity contribution in [1.82, 2.24) is 10.2 Å². The number of nitrogens with zero attached hydrogens (tertiary/aromatic N) is 2. The van der Waals surface area contributed by atoms with E-state index in [1.807, 2.05) is 0 Å². The molecule has 0 amide bonds. The zero-order valence-electron chi connectivity index (χ0n) is 6.73. The second-order valence-corrected chi connectivity index (χ2v) is 2.38. The van der Waals surface area contributed by atoms with E-state index in [2.05, 4.69) is 16.8 Å². The van der Waals surface area contributed by atoms with Crippen LogP contribution in [0.2, 0.25) is 0 Å². The summed E-state index contributed by atoms with van der Waals surface area (Å²) in [6, 6.07) is 1.67. The highest BCUT2D eigenvalue weighted by Gasteiger charge is 2.02. The number of carbonyl (C=O) groups is 1. The molecule has 0 radical (unpaired) electrons. The van der Waals surface area contributed by atoms with Crippen LogP contribution in [0.1, 0.15) is 23.2 Å². The summed E-state index contributed by atoms with van der Waals surface area (Å²) in [6.07, 6.45) is 5.93. The van der Waals surface area contributed by atoms with Crippen LogP contribution in [0.3, 0.4) is 0 Å². The molecule has 1 aromatic heterocycles. The zero-order chi connectivity index (χ0) is 8.81. The lowest BCUT2D eigenvalue weighted by atomic mass is 10.1. The van der Waals surface area contributed by atoms with Crippen molar-refractivity contribution < 1.29 is 4.79 Å². The van der Waals surface area contributed by atoms with E-state index in [1.165, 1.54) is 12.4 Å². The molecule has 0 unspecified atom stereocenters. The van der Waals surface area contributed by atoms with Gasteiger partial charge in [0.2, 0.25) is 0 Å². The first kappa shape index (κ1) is 8.59. The molecule has 0 N–H and O–H groups in total. The van der Waals surface area contributed by atoms with Crippen molar-refractivity contribution in [1.29, 1.82) is 0 Å². The summed E-state index contributed by atoms with van der Waals surface area (Å²) in [5.74, 6) is 0.0878. The first-order valence-corrected chi connectivity index (χ1v) is 3.75. The highest BCUT2D eigenvalue weighted by molar-refractivity contribution is 5.95. The van der Waals surface area contributed by atoms with Gasteiger partial charge in [0.25, 0.3) is 0 Å². The summed E-state index contributed by atoms with van der Waals surface area (Å²) in [5, 5.41) is 7.20. The molecule has 0 saturated carbocycles. The molecule has 0 aliphatic rings. The Balaban J connectivity index is 2.59. The van der Waals surface area contributed by atoms with E-state index in [1.54, 1.807) is 12.1 Å². The minimum Gasteiger partial charge on any atom is -0.294 e. The fraction of sp³-hybridized carbons (Fsp3) is 0.222. The molecule has 1 rings (SSSR count). The maximum absolute atomic E-state index is 11.3. The number of aromatic nitrogens is 2. The Hall–Kier alpha value is -1.51. The van der Waals surface area contributed by atoms with Crippen LogP contribution < -0.4 is 0 Å². The SMILES string of the molecule is C=CCCC(=O)c1ccnnc1. The Morgan fingerprint density at radius 1 is 1.58 bits per heavy atom. The van der Waals surface area contributed by atoms with Gasteiger partial charge >= 0.3 is 0 Å². The van der Waals surface area contributed by atoms with Crippen LogP contribution in [0.25, 0.3) is 0 Å². The van der Waals surface area contributed by atoms with Gasteiger partial charge in [-0.25, -0.2) is 0 Å². The lowest BCUT2D eigenvalue weighted by molar-refractivity contribution is 0.0983. The fourth-order valence-corrected chi connectivity index (χ4v) is 0.833. The predicted octanol–water partition coefficient (Wildman–Crippen LogP) is 1.63. The minimum absolute atomic E-state index is 0.0878. The third-order valence-corrected chi connectivity index (χ3v) is 1.48. The van der Waals surface area contributed by atoms with E-state index in [-0.39, 0.29) is 5.78 Å². The van der Waals surface area contributed by atoms with Crippen molar-refractivity contribution in [2.75, 3.05) is 0 Å². The van der Waals surface area contributed by atoms with Crippen molar-refractivity contribution in [2.24, 2.45) is 0 Å². The van der Waals surface area contributed by atoms with Crippen LogP contribution >= 0.6 is 0 Å². The second kappa shape index (κ2) is 4.38. The highest BCUT2D eigenvalue weighted by Crippen LogP contribution is 2.02. The Labute approximate surface area is 71.1 Å². The quantitative estimate of drug-likeness (QED) is 0.499. The second-order valence-electron chi connectivity index (χ2n) is 2.38. The standard InChI is InChI=1S/C9H10N2O/c1-2-3-4-9(12)8-5-6-10-11-7-8/h2,5-7H,1,3-4H2. The minimum atomic E-state index is 0.0878. The number of Topliss-reactive ketones (excluding diaryl/α,β-unsaturated/α-hetero) is 1. The molecule has 0 bridgehead atoms. The summed E-state index contributed by atoms with van der Waals surface area (Å²) in [6.45, 7) is 3.55. The smallest absolute Gasteiger partial charge is 0.164 e. The maximum atomic E-state index is 11.3. The van der Waals surface area contributed by atoms with Crippen molar-refractivity contribution >= 4 is 5.78 Å². The maximum Gasteiger partial charge on any atom is 0.164 e. The molecule has 3 nitrogen and oxygen atoms in total. The molecule has 0 fully saturated rings. The average Bonchev–Trinajstić information content (AvgIpc) is 2.15. The van der Waals surface area contributed by atoms with Crippen LogP contribution in [-0.2, 0) is 0 Å². The molecule has 1 aromatic rings. The van der Waals surface area contributed by atoms with E-state index in [4.69, 9.17) is 0 Å². The monoisotopic (exact) mass is 162 g/mol. The van der Waals surface area contributed by atoms with Crippen molar-refractivity contribution in [3.8, 4) is 0 Å². The number of rotatable bonds is 4. The lowest BCUT2D eigenvalue weighted by Crippen LogP contribution is -1.98. The number of allylic oxidation sites excluding steroid dienone is 1. The zero-order valence-corrected chi connectivity index (χ0v) is 6.73. The van der Waals surface area contributed by atoms with Crippen molar-refractivity contribution in [2.45, 2.75) is 12.8 Å². The molecule has 0 spiro atoms. The highest BCUT2D eigenvalue weighted by atomic mass is 16.1. The van der Waals surface area contributed by atoms with Gasteiger partial charge in [-0.15, -0.1) is 6.58 Å². The molecule has 0 atom stereocenters. The summed E-state index contributed by atoms with van der Waals surface area (Å²) >= 11 is 0. The molecule has 0 aliphatic carbocycles. The molecular formula is C9H10N2O. The number of ketones is 1. The first-order valence-electron chi connectivity index (χ1n) is 3.75. The van der Waals surface area contributed by atoms with E-state index in [9.17, 15) is 4.79 Å². The third-order valence-electron chi connectivity index (χ3n) is 1.48. The number of hydrogen-bond donors (Lipinski definition) is 0. The van der Waals surface area contributed by atoms with Gasteiger partial charge in [0, 0.05) is 12.0 Å². The normalized spacial score (nSPS) is 9.33. The Bertz CT molecular complexity index is 269. The van der Waals surface area contributed by atoms with Gasteiger partial charge in [-0.3, -0.25) is 4.79 Å². The molecule has 12 heavy (non-hydrogen) atoms. The van der Waals surface area contributed by atoms with E-state index < -0.39 is 0 Å². The molecule has 62 valence electrons. The molecule has 0 aliphatic heterocycles. The average molecular weight is 162 g/mol. The van der Waals surface area contributed by atoms with Crippen LogP contribution in [0.4, 0.5) is 0 Å². The summed E-state index contributed by atoms with van der Waals surface area (Å²) < 4.78 is 0. The number of hydrogen-bond acceptors (Lipinski definition) is 3. The summed E-state index contributed by atoms with van der Waals surface area (Å²) in [4.78, 5) is 11.3. The molecule has 0 aromatic carbocycles. The van der Waals surface area contributed by atoms with Gasteiger partial charge in [-0.05, 0) is 12.5 Å². The van der Waals surface area contributed by atoms with Gasteiger partial charge < -0.3 is 0 Å². The Morgan fingerprint density at radius 2 is 2.42 bits per heavy atom. The Morgan fingerprint density at radius 3 is 3.00 bits per heavy atom.